The summed E-state index contributed by atoms with van der Waals surface area (Å²) in [4.78, 5) is 23.4. The molecule has 0 amide bonds. The van der Waals surface area contributed by atoms with Crippen LogP contribution in [0.2, 0.25) is 0 Å². The molecule has 3 rings (SSSR count). The highest BCUT2D eigenvalue weighted by Crippen LogP contribution is 2.58. The minimum atomic E-state index is -0.369. The fraction of sp³-hybridized carbons (Fsp3) is 0.818. The minimum Gasteiger partial charge on any atom is -0.469 e. The second-order valence-corrected chi connectivity index (χ2v) is 4.74. The van der Waals surface area contributed by atoms with Gasteiger partial charge in [-0.3, -0.25) is 9.59 Å². The SMILES string of the molecule is COC(=O)C1C2CC3C(OC(=O)C31)C2OC. The zero-order valence-corrected chi connectivity index (χ0v) is 9.21. The second kappa shape index (κ2) is 3.20. The van der Waals surface area contributed by atoms with Crippen molar-refractivity contribution in [3.8, 4) is 0 Å². The van der Waals surface area contributed by atoms with Crippen molar-refractivity contribution < 1.29 is 23.8 Å². The minimum absolute atomic E-state index is 0.0731. The Hall–Kier alpha value is -1.10. The summed E-state index contributed by atoms with van der Waals surface area (Å²) in [6.07, 6.45) is 0.546. The first-order valence-corrected chi connectivity index (χ1v) is 5.50. The summed E-state index contributed by atoms with van der Waals surface area (Å²) in [6, 6.07) is 0. The average Bonchev–Trinajstić information content (AvgIpc) is 2.87. The van der Waals surface area contributed by atoms with E-state index in [0.29, 0.717) is 0 Å². The van der Waals surface area contributed by atoms with Gasteiger partial charge < -0.3 is 14.2 Å². The second-order valence-electron chi connectivity index (χ2n) is 4.74. The Labute approximate surface area is 93.0 Å². The molecule has 3 fully saturated rings. The van der Waals surface area contributed by atoms with E-state index in [1.54, 1.807) is 7.11 Å². The predicted molar refractivity (Wildman–Crippen MR) is 51.3 cm³/mol. The van der Waals surface area contributed by atoms with Gasteiger partial charge in [0.15, 0.2) is 0 Å². The molecule has 88 valence electrons. The fourth-order valence-corrected chi connectivity index (χ4v) is 3.76. The van der Waals surface area contributed by atoms with Gasteiger partial charge in [0.05, 0.1) is 25.0 Å². The van der Waals surface area contributed by atoms with Gasteiger partial charge in [0.1, 0.15) is 6.10 Å². The third-order valence-electron chi connectivity index (χ3n) is 4.29. The van der Waals surface area contributed by atoms with Gasteiger partial charge in [-0.2, -0.15) is 0 Å². The zero-order chi connectivity index (χ0) is 11.4. The highest BCUT2D eigenvalue weighted by molar-refractivity contribution is 5.86. The van der Waals surface area contributed by atoms with Crippen LogP contribution < -0.4 is 0 Å². The first-order chi connectivity index (χ1) is 7.69. The number of hydrogen-bond donors (Lipinski definition) is 0. The van der Waals surface area contributed by atoms with Gasteiger partial charge >= 0.3 is 11.9 Å². The largest absolute Gasteiger partial charge is 0.469 e. The quantitative estimate of drug-likeness (QED) is 0.619. The molecule has 2 aliphatic carbocycles. The Bertz CT molecular complexity index is 352. The number of hydrogen-bond acceptors (Lipinski definition) is 5. The molecule has 3 aliphatic rings. The summed E-state index contributed by atoms with van der Waals surface area (Å²) in [5, 5.41) is 0. The van der Waals surface area contributed by atoms with Crippen molar-refractivity contribution in [1.29, 1.82) is 0 Å². The maximum Gasteiger partial charge on any atom is 0.310 e. The molecule has 0 aromatic rings. The standard InChI is InChI=1S/C11H14O5/c1-14-8-4-3-5-7(6(4)10(12)15-2)11(13)16-9(5)8/h4-9H,3H2,1-2H3. The lowest BCUT2D eigenvalue weighted by Gasteiger charge is -2.28. The maximum absolute atomic E-state index is 11.7. The lowest BCUT2D eigenvalue weighted by atomic mass is 9.78. The number of rotatable bonds is 2. The molecule has 0 spiro atoms. The van der Waals surface area contributed by atoms with E-state index >= 15 is 0 Å². The lowest BCUT2D eigenvalue weighted by molar-refractivity contribution is -0.153. The number of methoxy groups -OCH3 is 2. The number of esters is 2. The van der Waals surface area contributed by atoms with Crippen LogP contribution in [-0.2, 0) is 23.8 Å². The molecule has 6 atom stereocenters. The molecule has 1 aliphatic heterocycles. The van der Waals surface area contributed by atoms with Crippen LogP contribution >= 0.6 is 0 Å². The Morgan fingerprint density at radius 2 is 2.12 bits per heavy atom. The molecule has 2 saturated carbocycles. The van der Waals surface area contributed by atoms with E-state index in [1.807, 2.05) is 0 Å². The van der Waals surface area contributed by atoms with Gasteiger partial charge in [-0.25, -0.2) is 0 Å². The summed E-state index contributed by atoms with van der Waals surface area (Å²) in [5.41, 5.74) is 0. The Morgan fingerprint density at radius 3 is 2.75 bits per heavy atom. The van der Waals surface area contributed by atoms with Crippen LogP contribution in [0.1, 0.15) is 6.42 Å². The molecule has 6 unspecified atom stereocenters. The number of ether oxygens (including phenoxy) is 3. The molecular weight excluding hydrogens is 212 g/mol. The van der Waals surface area contributed by atoms with E-state index in [9.17, 15) is 9.59 Å². The van der Waals surface area contributed by atoms with E-state index in [1.165, 1.54) is 7.11 Å². The van der Waals surface area contributed by atoms with Crippen molar-refractivity contribution in [1.82, 2.24) is 0 Å². The smallest absolute Gasteiger partial charge is 0.310 e. The molecule has 0 N–H and O–H groups in total. The van der Waals surface area contributed by atoms with Gasteiger partial charge in [-0.05, 0) is 6.42 Å². The summed E-state index contributed by atoms with van der Waals surface area (Å²) >= 11 is 0. The monoisotopic (exact) mass is 226 g/mol. The van der Waals surface area contributed by atoms with E-state index in [0.717, 1.165) is 6.42 Å². The highest BCUT2D eigenvalue weighted by Gasteiger charge is 2.69. The fourth-order valence-electron chi connectivity index (χ4n) is 3.76. The van der Waals surface area contributed by atoms with Crippen molar-refractivity contribution in [3.05, 3.63) is 0 Å². The van der Waals surface area contributed by atoms with Crippen LogP contribution in [-0.4, -0.2) is 38.4 Å². The first kappa shape index (κ1) is 10.1. The van der Waals surface area contributed by atoms with Crippen molar-refractivity contribution in [3.63, 3.8) is 0 Å². The maximum atomic E-state index is 11.7. The van der Waals surface area contributed by atoms with Gasteiger partial charge in [0, 0.05) is 18.9 Å². The van der Waals surface area contributed by atoms with Crippen molar-refractivity contribution >= 4 is 11.9 Å². The molecule has 16 heavy (non-hydrogen) atoms. The van der Waals surface area contributed by atoms with E-state index in [4.69, 9.17) is 14.2 Å². The third kappa shape index (κ3) is 0.993. The third-order valence-corrected chi connectivity index (χ3v) is 4.29. The topological polar surface area (TPSA) is 61.8 Å². The van der Waals surface area contributed by atoms with Crippen molar-refractivity contribution in [2.24, 2.45) is 23.7 Å². The zero-order valence-electron chi connectivity index (χ0n) is 9.21. The van der Waals surface area contributed by atoms with Gasteiger partial charge in [0.25, 0.3) is 0 Å². The van der Waals surface area contributed by atoms with Crippen molar-refractivity contribution in [2.45, 2.75) is 18.6 Å². The normalized spacial score (nSPS) is 48.2. The molecule has 1 saturated heterocycles. The van der Waals surface area contributed by atoms with Crippen LogP contribution in [0.3, 0.4) is 0 Å². The Kier molecular flexibility index (Phi) is 2.01. The number of carbonyl (C=O) groups is 2. The summed E-state index contributed by atoms with van der Waals surface area (Å²) in [7, 11) is 2.95. The first-order valence-electron chi connectivity index (χ1n) is 5.50. The van der Waals surface area contributed by atoms with Crippen LogP contribution in [0.25, 0.3) is 0 Å². The van der Waals surface area contributed by atoms with E-state index in [-0.39, 0.29) is 47.8 Å². The predicted octanol–water partition coefficient (Wildman–Crippen LogP) is -0.0181. The Morgan fingerprint density at radius 1 is 1.38 bits per heavy atom. The molecule has 5 nitrogen and oxygen atoms in total. The van der Waals surface area contributed by atoms with Gasteiger partial charge in [-0.1, -0.05) is 0 Å². The van der Waals surface area contributed by atoms with Crippen LogP contribution in [0, 0.1) is 23.7 Å². The van der Waals surface area contributed by atoms with Crippen molar-refractivity contribution in [2.75, 3.05) is 14.2 Å². The molecular formula is C11H14O5. The van der Waals surface area contributed by atoms with Crippen LogP contribution in [0.5, 0.6) is 0 Å². The lowest BCUT2D eigenvalue weighted by Crippen LogP contribution is -2.42. The summed E-state index contributed by atoms with van der Waals surface area (Å²) in [5.74, 6) is -1.01. The van der Waals surface area contributed by atoms with Gasteiger partial charge in [0.2, 0.25) is 0 Å². The van der Waals surface area contributed by atoms with Crippen LogP contribution in [0.15, 0.2) is 0 Å². The molecule has 0 aromatic carbocycles. The number of fused-ring (bicyclic) bond motifs is 1. The molecule has 5 heteroatoms. The summed E-state index contributed by atoms with van der Waals surface area (Å²) < 4.78 is 15.4. The highest BCUT2D eigenvalue weighted by atomic mass is 16.6. The average molecular weight is 226 g/mol. The van der Waals surface area contributed by atoms with E-state index in [2.05, 4.69) is 0 Å². The van der Waals surface area contributed by atoms with E-state index < -0.39 is 0 Å². The summed E-state index contributed by atoms with van der Waals surface area (Å²) in [6.45, 7) is 0. The molecule has 2 bridgehead atoms. The Balaban J connectivity index is 1.97. The van der Waals surface area contributed by atoms with Gasteiger partial charge in [-0.15, -0.1) is 0 Å². The number of carbonyl (C=O) groups excluding carboxylic acids is 2. The molecule has 0 aromatic heterocycles. The molecule has 1 heterocycles. The van der Waals surface area contributed by atoms with Crippen LogP contribution in [0.4, 0.5) is 0 Å². The molecule has 0 radical (unpaired) electrons.